The van der Waals surface area contributed by atoms with E-state index in [-0.39, 0.29) is 0 Å². The molecular formula is C9H20O6Si. The van der Waals surface area contributed by atoms with Crippen LogP contribution in [0.1, 0.15) is 0 Å². The zero-order valence-electron chi connectivity index (χ0n) is 9.70. The van der Waals surface area contributed by atoms with Gasteiger partial charge >= 0.3 is 0 Å². The van der Waals surface area contributed by atoms with Crippen LogP contribution in [0.15, 0.2) is 0 Å². The third-order valence-corrected chi connectivity index (χ3v) is 3.26. The fourth-order valence-corrected chi connectivity index (χ4v) is 2.41. The number of rotatable bonds is 3. The number of hydrogen-bond acceptors (Lipinski definition) is 6. The molecule has 0 saturated carbocycles. The Morgan fingerprint density at radius 1 is 1.06 bits per heavy atom. The third-order valence-electron chi connectivity index (χ3n) is 2.32. The van der Waals surface area contributed by atoms with Crippen molar-refractivity contribution in [1.82, 2.24) is 0 Å². The van der Waals surface area contributed by atoms with Crippen LogP contribution >= 0.6 is 0 Å². The normalized spacial score (nSPS) is 41.1. The highest BCUT2D eigenvalue weighted by Gasteiger charge is 2.45. The number of ether oxygens (including phenoxy) is 1. The second-order valence-corrected chi connectivity index (χ2v) is 9.39. The first-order chi connectivity index (χ1) is 7.26. The van der Waals surface area contributed by atoms with Crippen LogP contribution in [0.2, 0.25) is 19.6 Å². The number of aliphatic hydroxyl groups excluding tert-OH is 4. The summed E-state index contributed by atoms with van der Waals surface area (Å²) in [6, 6.07) is 0. The maximum atomic E-state index is 9.67. The maximum Gasteiger partial charge on any atom is 0.187 e. The van der Waals surface area contributed by atoms with Gasteiger partial charge in [-0.1, -0.05) is 0 Å². The van der Waals surface area contributed by atoms with Crippen molar-refractivity contribution in [3.05, 3.63) is 0 Å². The van der Waals surface area contributed by atoms with E-state index in [1.54, 1.807) is 0 Å². The summed E-state index contributed by atoms with van der Waals surface area (Å²) in [6.07, 6.45) is -5.90. The van der Waals surface area contributed by atoms with Crippen LogP contribution in [0.3, 0.4) is 0 Å². The van der Waals surface area contributed by atoms with Crippen molar-refractivity contribution in [3.63, 3.8) is 0 Å². The molecule has 5 atom stereocenters. The molecule has 96 valence electrons. The molecule has 4 unspecified atom stereocenters. The highest BCUT2D eigenvalue weighted by atomic mass is 28.4. The van der Waals surface area contributed by atoms with Gasteiger partial charge in [-0.25, -0.2) is 0 Å². The van der Waals surface area contributed by atoms with E-state index >= 15 is 0 Å². The summed E-state index contributed by atoms with van der Waals surface area (Å²) in [4.78, 5) is 0. The molecule has 0 aromatic carbocycles. The molecule has 0 amide bonds. The van der Waals surface area contributed by atoms with Crippen molar-refractivity contribution in [1.29, 1.82) is 0 Å². The van der Waals surface area contributed by atoms with Gasteiger partial charge in [0.1, 0.15) is 24.4 Å². The second kappa shape index (κ2) is 5.09. The Labute approximate surface area is 95.6 Å². The van der Waals surface area contributed by atoms with Gasteiger partial charge < -0.3 is 29.6 Å². The summed E-state index contributed by atoms with van der Waals surface area (Å²) in [5.41, 5.74) is 0. The van der Waals surface area contributed by atoms with E-state index in [4.69, 9.17) is 14.3 Å². The van der Waals surface area contributed by atoms with Crippen molar-refractivity contribution in [3.8, 4) is 0 Å². The van der Waals surface area contributed by atoms with Gasteiger partial charge in [-0.15, -0.1) is 0 Å². The molecule has 0 spiro atoms. The molecule has 0 aromatic heterocycles. The second-order valence-electron chi connectivity index (χ2n) is 4.93. The van der Waals surface area contributed by atoms with E-state index in [1.807, 2.05) is 19.6 Å². The minimum Gasteiger partial charge on any atom is -0.394 e. The van der Waals surface area contributed by atoms with E-state index in [0.717, 1.165) is 0 Å². The molecule has 16 heavy (non-hydrogen) atoms. The lowest BCUT2D eigenvalue weighted by atomic mass is 10.00. The molecule has 0 bridgehead atoms. The molecule has 0 radical (unpaired) electrons. The summed E-state index contributed by atoms with van der Waals surface area (Å²) < 4.78 is 10.7. The van der Waals surface area contributed by atoms with Gasteiger partial charge in [0.25, 0.3) is 0 Å². The van der Waals surface area contributed by atoms with Crippen molar-refractivity contribution < 1.29 is 29.6 Å². The average molecular weight is 252 g/mol. The highest BCUT2D eigenvalue weighted by molar-refractivity contribution is 6.69. The van der Waals surface area contributed by atoms with Crippen LogP contribution in [0.5, 0.6) is 0 Å². The Kier molecular flexibility index (Phi) is 4.47. The lowest BCUT2D eigenvalue weighted by Crippen LogP contribution is -2.60. The molecule has 7 heteroatoms. The van der Waals surface area contributed by atoms with Crippen LogP contribution in [0, 0.1) is 0 Å². The molecule has 1 rings (SSSR count). The Balaban J connectivity index is 2.71. The van der Waals surface area contributed by atoms with E-state index < -0.39 is 45.6 Å². The van der Waals surface area contributed by atoms with Crippen LogP contribution in [0.25, 0.3) is 0 Å². The lowest BCUT2D eigenvalue weighted by molar-refractivity contribution is -0.280. The Morgan fingerprint density at radius 3 is 2.06 bits per heavy atom. The Morgan fingerprint density at radius 2 is 1.62 bits per heavy atom. The quantitative estimate of drug-likeness (QED) is 0.463. The van der Waals surface area contributed by atoms with Crippen molar-refractivity contribution in [2.45, 2.75) is 50.3 Å². The van der Waals surface area contributed by atoms with Crippen LogP contribution in [-0.2, 0) is 9.16 Å². The topological polar surface area (TPSA) is 99.4 Å². The van der Waals surface area contributed by atoms with Crippen LogP contribution < -0.4 is 0 Å². The summed E-state index contributed by atoms with van der Waals surface area (Å²) in [5, 5.41) is 37.7. The van der Waals surface area contributed by atoms with E-state index in [2.05, 4.69) is 0 Å². The number of aliphatic hydroxyl groups is 4. The smallest absolute Gasteiger partial charge is 0.187 e. The van der Waals surface area contributed by atoms with Crippen LogP contribution in [-0.4, -0.2) is 66.1 Å². The average Bonchev–Trinajstić information content (AvgIpc) is 2.17. The zero-order chi connectivity index (χ0) is 12.5. The van der Waals surface area contributed by atoms with Crippen molar-refractivity contribution in [2.75, 3.05) is 6.61 Å². The molecule has 0 aliphatic carbocycles. The minimum atomic E-state index is -1.94. The van der Waals surface area contributed by atoms with Gasteiger partial charge in [0.2, 0.25) is 0 Å². The van der Waals surface area contributed by atoms with Crippen molar-refractivity contribution >= 4 is 8.32 Å². The molecule has 4 N–H and O–H groups in total. The fourth-order valence-electron chi connectivity index (χ4n) is 1.51. The Bertz CT molecular complexity index is 229. The third kappa shape index (κ3) is 3.23. The molecule has 1 fully saturated rings. The molecule has 0 aromatic rings. The maximum absolute atomic E-state index is 9.67. The first-order valence-electron chi connectivity index (χ1n) is 5.24. The fraction of sp³-hybridized carbons (Fsp3) is 1.00. The number of hydrogen-bond donors (Lipinski definition) is 4. The monoisotopic (exact) mass is 252 g/mol. The first kappa shape index (κ1) is 14.0. The summed E-state index contributed by atoms with van der Waals surface area (Å²) in [7, 11) is -1.94. The van der Waals surface area contributed by atoms with Gasteiger partial charge in [0, 0.05) is 0 Å². The van der Waals surface area contributed by atoms with Gasteiger partial charge in [-0.05, 0) is 19.6 Å². The summed E-state index contributed by atoms with van der Waals surface area (Å²) in [5.74, 6) is 0. The minimum absolute atomic E-state index is 0.434. The SMILES string of the molecule is C[Si](C)(C)OC1OC(CO)[C@@H](O)C(O)C1O. The van der Waals surface area contributed by atoms with Gasteiger partial charge in [-0.3, -0.25) is 0 Å². The molecule has 1 aliphatic heterocycles. The summed E-state index contributed by atoms with van der Waals surface area (Å²) >= 11 is 0. The Hall–Kier alpha value is -0.0231. The summed E-state index contributed by atoms with van der Waals surface area (Å²) in [6.45, 7) is 5.30. The standard InChI is InChI=1S/C9H20O6Si/c1-16(2,3)15-9-8(13)7(12)6(11)5(4-10)14-9/h5-13H,4H2,1-3H3/t5?,6-,7?,8?,9?/m1/s1. The first-order valence-corrected chi connectivity index (χ1v) is 8.65. The van der Waals surface area contributed by atoms with E-state index in [0.29, 0.717) is 0 Å². The molecule has 1 heterocycles. The molecule has 1 saturated heterocycles. The van der Waals surface area contributed by atoms with Gasteiger partial charge in [0.15, 0.2) is 14.6 Å². The largest absolute Gasteiger partial charge is 0.394 e. The van der Waals surface area contributed by atoms with Gasteiger partial charge in [0.05, 0.1) is 6.61 Å². The van der Waals surface area contributed by atoms with Gasteiger partial charge in [-0.2, -0.15) is 0 Å². The molecule has 6 nitrogen and oxygen atoms in total. The molecule has 1 aliphatic rings. The molecular weight excluding hydrogens is 232 g/mol. The lowest BCUT2D eigenvalue weighted by Gasteiger charge is -2.41. The predicted octanol–water partition coefficient (Wildman–Crippen LogP) is -1.36. The zero-order valence-corrected chi connectivity index (χ0v) is 10.7. The van der Waals surface area contributed by atoms with E-state index in [1.165, 1.54) is 0 Å². The van der Waals surface area contributed by atoms with E-state index in [9.17, 15) is 15.3 Å². The predicted molar refractivity (Wildman–Crippen MR) is 58.2 cm³/mol. The van der Waals surface area contributed by atoms with Crippen LogP contribution in [0.4, 0.5) is 0 Å². The highest BCUT2D eigenvalue weighted by Crippen LogP contribution is 2.24. The van der Waals surface area contributed by atoms with Crippen molar-refractivity contribution in [2.24, 2.45) is 0 Å².